The van der Waals surface area contributed by atoms with Crippen LogP contribution in [0.15, 0.2) is 57.2 Å². The monoisotopic (exact) mass is 383 g/mol. The van der Waals surface area contributed by atoms with Crippen LogP contribution in [0.4, 0.5) is 0 Å². The minimum atomic E-state index is -0.548. The lowest BCUT2D eigenvalue weighted by Gasteiger charge is -2.22. The third-order valence-electron chi connectivity index (χ3n) is 4.13. The van der Waals surface area contributed by atoms with E-state index < -0.39 is 11.9 Å². The second-order valence-electron chi connectivity index (χ2n) is 5.53. The number of amides is 3. The van der Waals surface area contributed by atoms with Crippen molar-refractivity contribution >= 4 is 33.7 Å². The van der Waals surface area contributed by atoms with Gasteiger partial charge in [-0.05, 0) is 29.8 Å². The average Bonchev–Trinajstić information content (AvgIpc) is 2.83. The van der Waals surface area contributed by atoms with Gasteiger partial charge in [0.05, 0.1) is 17.7 Å². The van der Waals surface area contributed by atoms with Gasteiger partial charge in [0.1, 0.15) is 6.04 Å². The van der Waals surface area contributed by atoms with Crippen molar-refractivity contribution in [2.75, 3.05) is 6.54 Å². The maximum absolute atomic E-state index is 12.5. The van der Waals surface area contributed by atoms with Crippen molar-refractivity contribution in [2.45, 2.75) is 6.04 Å². The third kappa shape index (κ3) is 2.20. The van der Waals surface area contributed by atoms with Crippen LogP contribution in [0.25, 0.3) is 0 Å². The standard InChI is InChI=1S/C17H10BrN3O3/c18-9-5-6-10-13(7-9)15(22)20-19-14(10)8-21-16(23)11-3-1-2-4-12(11)17(21)24/h1-7,14H,8H2. The number of carbonyl (C=O) groups is 3. The number of carbonyl (C=O) groups excluding carboxylic acids is 3. The molecule has 0 saturated carbocycles. The zero-order chi connectivity index (χ0) is 16.8. The Morgan fingerprint density at radius 2 is 1.62 bits per heavy atom. The van der Waals surface area contributed by atoms with Crippen molar-refractivity contribution < 1.29 is 14.4 Å². The van der Waals surface area contributed by atoms with Crippen LogP contribution in [0, 0.1) is 0 Å². The summed E-state index contributed by atoms with van der Waals surface area (Å²) in [6, 6.07) is 11.4. The average molecular weight is 384 g/mol. The highest BCUT2D eigenvalue weighted by Gasteiger charge is 2.38. The highest BCUT2D eigenvalue weighted by atomic mass is 79.9. The van der Waals surface area contributed by atoms with E-state index in [2.05, 4.69) is 26.2 Å². The highest BCUT2D eigenvalue weighted by molar-refractivity contribution is 9.10. The fraction of sp³-hybridized carbons (Fsp3) is 0.118. The lowest BCUT2D eigenvalue weighted by atomic mass is 9.99. The van der Waals surface area contributed by atoms with Crippen molar-refractivity contribution in [3.8, 4) is 0 Å². The molecule has 1 atom stereocenters. The Balaban J connectivity index is 1.68. The maximum Gasteiger partial charge on any atom is 0.295 e. The van der Waals surface area contributed by atoms with Crippen molar-refractivity contribution in [3.63, 3.8) is 0 Å². The molecule has 0 bridgehead atoms. The number of rotatable bonds is 2. The van der Waals surface area contributed by atoms with Gasteiger partial charge in [-0.2, -0.15) is 5.11 Å². The lowest BCUT2D eigenvalue weighted by molar-refractivity contribution is 0.0643. The van der Waals surface area contributed by atoms with Crippen LogP contribution < -0.4 is 0 Å². The van der Waals surface area contributed by atoms with Crippen LogP contribution in [0.5, 0.6) is 0 Å². The first-order valence-electron chi connectivity index (χ1n) is 7.26. The molecule has 2 heterocycles. The van der Waals surface area contributed by atoms with Gasteiger partial charge in [-0.1, -0.05) is 34.1 Å². The summed E-state index contributed by atoms with van der Waals surface area (Å²) in [5, 5.41) is 7.64. The molecule has 24 heavy (non-hydrogen) atoms. The molecule has 0 fully saturated rings. The normalized spacial score (nSPS) is 18.8. The summed E-state index contributed by atoms with van der Waals surface area (Å²) < 4.78 is 0.756. The van der Waals surface area contributed by atoms with Crippen LogP contribution in [-0.2, 0) is 0 Å². The first-order chi connectivity index (χ1) is 11.6. The Hall–Kier alpha value is -2.67. The van der Waals surface area contributed by atoms with E-state index in [4.69, 9.17) is 0 Å². The fourth-order valence-corrected chi connectivity index (χ4v) is 3.32. The van der Waals surface area contributed by atoms with E-state index in [1.54, 1.807) is 42.5 Å². The summed E-state index contributed by atoms with van der Waals surface area (Å²) in [5.41, 5.74) is 1.88. The molecular weight excluding hydrogens is 374 g/mol. The van der Waals surface area contributed by atoms with Crippen molar-refractivity contribution in [1.29, 1.82) is 0 Å². The summed E-state index contributed by atoms with van der Waals surface area (Å²) in [4.78, 5) is 38.0. The smallest absolute Gasteiger partial charge is 0.272 e. The molecule has 0 aromatic heterocycles. The second-order valence-corrected chi connectivity index (χ2v) is 6.45. The van der Waals surface area contributed by atoms with Gasteiger partial charge in [-0.25, -0.2) is 0 Å². The van der Waals surface area contributed by atoms with Crippen LogP contribution in [-0.4, -0.2) is 29.2 Å². The molecule has 7 heteroatoms. The molecule has 0 saturated heterocycles. The molecule has 118 valence electrons. The van der Waals surface area contributed by atoms with E-state index in [0.717, 1.165) is 9.37 Å². The fourth-order valence-electron chi connectivity index (χ4n) is 2.96. The van der Waals surface area contributed by atoms with E-state index in [0.29, 0.717) is 22.3 Å². The first-order valence-corrected chi connectivity index (χ1v) is 8.05. The SMILES string of the molecule is O=C1N=NC(CN2C(=O)c3ccccc3C2=O)c2ccc(Br)cc21. The maximum atomic E-state index is 12.5. The minimum Gasteiger partial charge on any atom is -0.272 e. The molecule has 0 N–H and O–H groups in total. The van der Waals surface area contributed by atoms with Gasteiger partial charge in [0.15, 0.2) is 0 Å². The van der Waals surface area contributed by atoms with Crippen LogP contribution >= 0.6 is 15.9 Å². The molecule has 1 unspecified atom stereocenters. The molecule has 2 aromatic carbocycles. The number of hydrogen-bond acceptors (Lipinski definition) is 4. The summed E-state index contributed by atoms with van der Waals surface area (Å²) in [6.45, 7) is 0.0533. The Morgan fingerprint density at radius 3 is 2.29 bits per heavy atom. The van der Waals surface area contributed by atoms with Gasteiger partial charge in [0.2, 0.25) is 0 Å². The largest absolute Gasteiger partial charge is 0.295 e. The second kappa shape index (κ2) is 5.45. The number of azo groups is 1. The van der Waals surface area contributed by atoms with Crippen molar-refractivity contribution in [1.82, 2.24) is 4.90 Å². The Morgan fingerprint density at radius 1 is 0.958 bits per heavy atom. The first kappa shape index (κ1) is 14.9. The molecule has 2 aliphatic rings. The van der Waals surface area contributed by atoms with E-state index in [1.165, 1.54) is 0 Å². The molecule has 4 rings (SSSR count). The van der Waals surface area contributed by atoms with Crippen molar-refractivity contribution in [2.24, 2.45) is 10.2 Å². The van der Waals surface area contributed by atoms with Gasteiger partial charge in [0, 0.05) is 10.0 Å². The van der Waals surface area contributed by atoms with E-state index in [-0.39, 0.29) is 18.4 Å². The predicted octanol–water partition coefficient (Wildman–Crippen LogP) is 3.39. The van der Waals surface area contributed by atoms with Crippen LogP contribution in [0.3, 0.4) is 0 Å². The molecule has 2 aromatic rings. The zero-order valence-electron chi connectivity index (χ0n) is 12.3. The van der Waals surface area contributed by atoms with Gasteiger partial charge >= 0.3 is 0 Å². The number of nitrogens with zero attached hydrogens (tertiary/aromatic N) is 3. The zero-order valence-corrected chi connectivity index (χ0v) is 13.9. The summed E-state index contributed by atoms with van der Waals surface area (Å²) >= 11 is 3.32. The highest BCUT2D eigenvalue weighted by Crippen LogP contribution is 2.32. The number of halogens is 1. The minimum absolute atomic E-state index is 0.0533. The number of hydrogen-bond donors (Lipinski definition) is 0. The van der Waals surface area contributed by atoms with Gasteiger partial charge in [-0.15, -0.1) is 5.11 Å². The van der Waals surface area contributed by atoms with Gasteiger partial charge < -0.3 is 0 Å². The Kier molecular flexibility index (Phi) is 3.38. The topological polar surface area (TPSA) is 79.2 Å². The third-order valence-corrected chi connectivity index (χ3v) is 4.62. The van der Waals surface area contributed by atoms with E-state index >= 15 is 0 Å². The number of benzene rings is 2. The molecule has 2 aliphatic heterocycles. The van der Waals surface area contributed by atoms with Gasteiger partial charge in [0.25, 0.3) is 17.7 Å². The van der Waals surface area contributed by atoms with Crippen LogP contribution in [0.1, 0.15) is 42.7 Å². The summed E-state index contributed by atoms with van der Waals surface area (Å²) in [7, 11) is 0. The quantitative estimate of drug-likeness (QED) is 0.745. The summed E-state index contributed by atoms with van der Waals surface area (Å²) in [5.74, 6) is -1.12. The Labute approximate surface area is 145 Å². The van der Waals surface area contributed by atoms with E-state index in [9.17, 15) is 14.4 Å². The van der Waals surface area contributed by atoms with E-state index in [1.807, 2.05) is 0 Å². The van der Waals surface area contributed by atoms with Crippen LogP contribution in [0.2, 0.25) is 0 Å². The van der Waals surface area contributed by atoms with Crippen molar-refractivity contribution in [3.05, 3.63) is 69.2 Å². The molecule has 0 spiro atoms. The lowest BCUT2D eigenvalue weighted by Crippen LogP contribution is -2.34. The molecule has 0 radical (unpaired) electrons. The molecule has 6 nitrogen and oxygen atoms in total. The predicted molar refractivity (Wildman–Crippen MR) is 87.9 cm³/mol. The number of imide groups is 1. The molecule has 3 amide bonds. The van der Waals surface area contributed by atoms with Gasteiger partial charge in [-0.3, -0.25) is 19.3 Å². The Bertz CT molecular complexity index is 903. The molecule has 0 aliphatic carbocycles. The molecular formula is C17H10BrN3O3. The summed E-state index contributed by atoms with van der Waals surface area (Å²) in [6.07, 6.45) is 0. The number of fused-ring (bicyclic) bond motifs is 2.